The van der Waals surface area contributed by atoms with Crippen LogP contribution in [0.3, 0.4) is 0 Å². The molecular weight excluding hydrogens is 422 g/mol. The molecule has 0 spiro atoms. The number of esters is 1. The highest BCUT2D eigenvalue weighted by molar-refractivity contribution is 6.30. The predicted octanol–water partition coefficient (Wildman–Crippen LogP) is 2.90. The molecule has 1 saturated heterocycles. The first-order valence-electron chi connectivity index (χ1n) is 10.0. The van der Waals surface area contributed by atoms with Crippen molar-refractivity contribution in [3.63, 3.8) is 0 Å². The number of nitrogens with zero attached hydrogens (tertiary/aromatic N) is 1. The molecule has 1 aliphatic rings. The minimum absolute atomic E-state index is 0.139. The molecular formula is C22H24ClN3O5. The lowest BCUT2D eigenvalue weighted by Crippen LogP contribution is -2.29. The van der Waals surface area contributed by atoms with Crippen molar-refractivity contribution in [3.8, 4) is 0 Å². The molecule has 2 N–H and O–H groups in total. The van der Waals surface area contributed by atoms with Gasteiger partial charge in [0.05, 0.1) is 12.5 Å². The van der Waals surface area contributed by atoms with Gasteiger partial charge in [0.1, 0.15) is 5.69 Å². The largest absolute Gasteiger partial charge is 0.457 e. The van der Waals surface area contributed by atoms with Crippen LogP contribution in [-0.2, 0) is 14.3 Å². The topological polar surface area (TPSA) is 109 Å². The summed E-state index contributed by atoms with van der Waals surface area (Å²) in [7, 11) is 0. The first kappa shape index (κ1) is 22.6. The average molecular weight is 446 g/mol. The second-order valence-electron chi connectivity index (χ2n) is 7.39. The number of carbonyl (C=O) groups excluding carboxylic acids is 4. The summed E-state index contributed by atoms with van der Waals surface area (Å²) in [4.78, 5) is 53.1. The van der Waals surface area contributed by atoms with E-state index >= 15 is 0 Å². The summed E-state index contributed by atoms with van der Waals surface area (Å²) in [6.45, 7) is 2.32. The Morgan fingerprint density at radius 1 is 1.16 bits per heavy atom. The van der Waals surface area contributed by atoms with E-state index in [1.807, 2.05) is 0 Å². The number of nitrogens with one attached hydrogen (secondary N) is 2. The number of aromatic nitrogens is 1. The Morgan fingerprint density at radius 3 is 2.48 bits per heavy atom. The number of H-pyrrole nitrogens is 1. The molecule has 2 amide bonds. The van der Waals surface area contributed by atoms with E-state index < -0.39 is 24.4 Å². The van der Waals surface area contributed by atoms with E-state index in [-0.39, 0.29) is 23.8 Å². The summed E-state index contributed by atoms with van der Waals surface area (Å²) >= 11 is 5.89. The molecule has 3 rings (SSSR count). The number of halogens is 1. The number of hydrogen-bond donors (Lipinski definition) is 2. The number of likely N-dealkylation sites (tertiary alicyclic amines) is 1. The molecule has 164 valence electrons. The van der Waals surface area contributed by atoms with E-state index in [2.05, 4.69) is 10.3 Å². The molecule has 1 unspecified atom stereocenters. The van der Waals surface area contributed by atoms with Crippen LogP contribution in [0.1, 0.15) is 58.6 Å². The van der Waals surface area contributed by atoms with Gasteiger partial charge in [-0.3, -0.25) is 19.2 Å². The first-order chi connectivity index (χ1) is 14.8. The number of ether oxygens (including phenoxy) is 1. The van der Waals surface area contributed by atoms with Crippen LogP contribution in [0, 0.1) is 0 Å². The summed E-state index contributed by atoms with van der Waals surface area (Å²) in [5, 5.41) is 3.23. The lowest BCUT2D eigenvalue weighted by molar-refractivity contribution is -0.143. The molecule has 9 heteroatoms. The molecule has 0 aliphatic carbocycles. The van der Waals surface area contributed by atoms with Crippen LogP contribution in [0.15, 0.2) is 36.5 Å². The van der Waals surface area contributed by atoms with E-state index in [1.165, 1.54) is 19.2 Å². The quantitative estimate of drug-likeness (QED) is 0.479. The predicted molar refractivity (Wildman–Crippen MR) is 114 cm³/mol. The van der Waals surface area contributed by atoms with Crippen molar-refractivity contribution in [3.05, 3.63) is 58.4 Å². The van der Waals surface area contributed by atoms with Crippen molar-refractivity contribution in [2.75, 3.05) is 19.7 Å². The molecule has 1 aromatic carbocycles. The molecule has 0 radical (unpaired) electrons. The van der Waals surface area contributed by atoms with Crippen molar-refractivity contribution in [2.24, 2.45) is 0 Å². The van der Waals surface area contributed by atoms with Crippen molar-refractivity contribution in [1.29, 1.82) is 0 Å². The highest BCUT2D eigenvalue weighted by Gasteiger charge is 2.23. The number of amides is 2. The van der Waals surface area contributed by atoms with Gasteiger partial charge in [0.25, 0.3) is 5.91 Å². The van der Waals surface area contributed by atoms with Crippen LogP contribution < -0.4 is 5.32 Å². The average Bonchev–Trinajstić information content (AvgIpc) is 3.43. The Labute approximate surface area is 184 Å². The minimum Gasteiger partial charge on any atom is -0.457 e. The maximum Gasteiger partial charge on any atom is 0.308 e. The zero-order chi connectivity index (χ0) is 22.4. The van der Waals surface area contributed by atoms with Gasteiger partial charge in [-0.15, -0.1) is 0 Å². The lowest BCUT2D eigenvalue weighted by atomic mass is 10.0. The number of rotatable bonds is 8. The smallest absolute Gasteiger partial charge is 0.308 e. The summed E-state index contributed by atoms with van der Waals surface area (Å²) in [6, 6.07) is 7.61. The molecule has 1 atom stereocenters. The minimum atomic E-state index is -0.633. The second-order valence-corrected chi connectivity index (χ2v) is 7.83. The third-order valence-corrected chi connectivity index (χ3v) is 5.27. The highest BCUT2D eigenvalue weighted by Crippen LogP contribution is 2.20. The summed E-state index contributed by atoms with van der Waals surface area (Å²) in [5.74, 6) is -1.50. The van der Waals surface area contributed by atoms with Crippen LogP contribution in [0.4, 0.5) is 0 Å². The molecule has 1 fully saturated rings. The van der Waals surface area contributed by atoms with Gasteiger partial charge in [0.15, 0.2) is 6.61 Å². The van der Waals surface area contributed by atoms with E-state index in [0.717, 1.165) is 12.8 Å². The number of hydrogen-bond acceptors (Lipinski definition) is 5. The number of ketones is 1. The second kappa shape index (κ2) is 10.3. The molecule has 1 aromatic heterocycles. The third-order valence-electron chi connectivity index (χ3n) is 5.01. The van der Waals surface area contributed by atoms with Gasteiger partial charge in [-0.05, 0) is 36.6 Å². The summed E-state index contributed by atoms with van der Waals surface area (Å²) in [6.07, 6.45) is 3.25. The Bertz CT molecular complexity index is 964. The maximum atomic E-state index is 12.4. The zero-order valence-corrected chi connectivity index (χ0v) is 17.9. The van der Waals surface area contributed by atoms with Gasteiger partial charge >= 0.3 is 5.97 Å². The van der Waals surface area contributed by atoms with Crippen molar-refractivity contribution >= 4 is 35.2 Å². The Morgan fingerprint density at radius 2 is 1.84 bits per heavy atom. The van der Waals surface area contributed by atoms with Crippen molar-refractivity contribution in [1.82, 2.24) is 15.2 Å². The Hall–Kier alpha value is -3.13. The van der Waals surface area contributed by atoms with Gasteiger partial charge in [0.2, 0.25) is 11.7 Å². The van der Waals surface area contributed by atoms with Crippen LogP contribution in [0.25, 0.3) is 0 Å². The number of Topliss-reactive ketones (excluding diaryl/α,β-unsaturated/α-hetero) is 1. The zero-order valence-electron chi connectivity index (χ0n) is 17.2. The maximum absolute atomic E-state index is 12.4. The third kappa shape index (κ3) is 6.18. The van der Waals surface area contributed by atoms with Crippen molar-refractivity contribution < 1.29 is 23.9 Å². The van der Waals surface area contributed by atoms with E-state index in [9.17, 15) is 19.2 Å². The number of benzene rings is 1. The van der Waals surface area contributed by atoms with Crippen LogP contribution in [-0.4, -0.2) is 53.1 Å². The SMILES string of the molecule is CC(=O)NC(CC(=O)OCC(=O)c1c[nH]c(C(=O)N2CCCC2)c1)c1ccc(Cl)cc1. The standard InChI is InChI=1S/C22H24ClN3O5/c1-14(27)25-18(15-4-6-17(23)7-5-15)11-21(29)31-13-20(28)16-10-19(24-12-16)22(30)26-8-2-3-9-26/h4-7,10,12,18,24H,2-3,8-9,11,13H2,1H3,(H,25,27). The van der Waals surface area contributed by atoms with Gasteiger partial charge in [-0.25, -0.2) is 0 Å². The number of aromatic amines is 1. The Kier molecular flexibility index (Phi) is 7.46. The fourth-order valence-corrected chi connectivity index (χ4v) is 3.54. The van der Waals surface area contributed by atoms with E-state index in [1.54, 1.807) is 29.2 Å². The van der Waals surface area contributed by atoms with E-state index in [4.69, 9.17) is 16.3 Å². The monoisotopic (exact) mass is 445 g/mol. The highest BCUT2D eigenvalue weighted by atomic mass is 35.5. The van der Waals surface area contributed by atoms with Crippen molar-refractivity contribution in [2.45, 2.75) is 32.2 Å². The van der Waals surface area contributed by atoms with Crippen LogP contribution in [0.2, 0.25) is 5.02 Å². The first-order valence-corrected chi connectivity index (χ1v) is 10.4. The van der Waals surface area contributed by atoms with Gasteiger partial charge < -0.3 is 19.9 Å². The number of carbonyl (C=O) groups is 4. The molecule has 0 bridgehead atoms. The fourth-order valence-electron chi connectivity index (χ4n) is 3.42. The molecule has 1 aliphatic heterocycles. The molecule has 0 saturated carbocycles. The Balaban J connectivity index is 1.55. The lowest BCUT2D eigenvalue weighted by Gasteiger charge is -2.17. The van der Waals surface area contributed by atoms with Crippen LogP contribution in [0.5, 0.6) is 0 Å². The van der Waals surface area contributed by atoms with E-state index in [0.29, 0.717) is 29.4 Å². The molecule has 31 heavy (non-hydrogen) atoms. The van der Waals surface area contributed by atoms with Gasteiger partial charge in [0, 0.05) is 36.8 Å². The molecule has 2 aromatic rings. The molecule has 8 nitrogen and oxygen atoms in total. The molecule has 2 heterocycles. The van der Waals surface area contributed by atoms with Gasteiger partial charge in [-0.2, -0.15) is 0 Å². The van der Waals surface area contributed by atoms with Gasteiger partial charge in [-0.1, -0.05) is 23.7 Å². The fraction of sp³-hybridized carbons (Fsp3) is 0.364. The normalized spacial score (nSPS) is 14.2. The van der Waals surface area contributed by atoms with Crippen LogP contribution >= 0.6 is 11.6 Å². The summed E-state index contributed by atoms with van der Waals surface area (Å²) in [5.41, 5.74) is 1.30. The summed E-state index contributed by atoms with van der Waals surface area (Å²) < 4.78 is 5.11.